The first-order valence-electron chi connectivity index (χ1n) is 1.54. The minimum atomic E-state index is 0.144. The van der Waals surface area contributed by atoms with Crippen LogP contribution in [0.4, 0.5) is 0 Å². The molecule has 1 rings (SSSR count). The summed E-state index contributed by atoms with van der Waals surface area (Å²) in [7, 11) is 0. The molecule has 0 atom stereocenters. The lowest BCUT2D eigenvalue weighted by molar-refractivity contribution is 0.570. The van der Waals surface area contributed by atoms with Gasteiger partial charge in [0, 0.05) is 0 Å². The van der Waals surface area contributed by atoms with E-state index < -0.39 is 0 Å². The van der Waals surface area contributed by atoms with Gasteiger partial charge >= 0.3 is 0 Å². The third kappa shape index (κ3) is 1.11. The average Bonchev–Trinajstić information content (AvgIpc) is 1.87. The summed E-state index contributed by atoms with van der Waals surface area (Å²) >= 11 is 10.4. The Morgan fingerprint density at radius 3 is 1.71 bits per heavy atom. The Balaban J connectivity index is 3.04. The first-order chi connectivity index (χ1) is 3.29. The molecule has 0 aromatic carbocycles. The van der Waals surface area contributed by atoms with Gasteiger partial charge in [0.15, 0.2) is 0 Å². The molecule has 0 unspecified atom stereocenters. The van der Waals surface area contributed by atoms with E-state index in [2.05, 4.69) is 16.5 Å². The smallest absolute Gasteiger partial charge is 0.204 e. The van der Waals surface area contributed by atoms with Crippen molar-refractivity contribution in [2.75, 3.05) is 0 Å². The van der Waals surface area contributed by atoms with Crippen LogP contribution in [0.15, 0.2) is 4.42 Å². The first-order valence-corrected chi connectivity index (χ1v) is 2.29. The van der Waals surface area contributed by atoms with Gasteiger partial charge in [0.1, 0.15) is 0 Å². The van der Waals surface area contributed by atoms with Gasteiger partial charge < -0.3 is 4.42 Å². The predicted molar refractivity (Wildman–Crippen MR) is 26.4 cm³/mol. The Morgan fingerprint density at radius 1 is 1.14 bits per heavy atom. The summed E-state index contributed by atoms with van der Waals surface area (Å²) in [5.74, 6) is 0. The lowest BCUT2D eigenvalue weighted by Crippen LogP contribution is -1.39. The fourth-order valence-electron chi connectivity index (χ4n) is 0.228. The summed E-state index contributed by atoms with van der Waals surface area (Å²) in [5, 5.41) is 0.287. The van der Waals surface area contributed by atoms with Crippen LogP contribution in [0.25, 0.3) is 0 Å². The molecule has 1 aromatic rings. The molecule has 3 heteroatoms. The van der Waals surface area contributed by atoms with E-state index >= 15 is 0 Å². The highest BCUT2D eigenvalue weighted by Gasteiger charge is 1.92. The van der Waals surface area contributed by atoms with E-state index in [1.165, 1.54) is 0 Å². The predicted octanol–water partition coefficient (Wildman–Crippen LogP) is 2.19. The summed E-state index contributed by atoms with van der Waals surface area (Å²) in [6, 6.07) is 4.82. The van der Waals surface area contributed by atoms with E-state index in [9.17, 15) is 0 Å². The standard InChI is InChI=1S/C4Cl2O/c5-3-1-2-4(6)7-3. The molecule has 0 saturated carbocycles. The molecule has 7 heavy (non-hydrogen) atoms. The third-order valence-electron chi connectivity index (χ3n) is 0.438. The fraction of sp³-hybridized carbons (Fsp3) is 0. The molecule has 0 N–H and O–H groups in total. The number of rotatable bonds is 0. The normalized spacial score (nSPS) is 9.43. The monoisotopic (exact) mass is 134 g/mol. The quantitative estimate of drug-likeness (QED) is 0.531. The summed E-state index contributed by atoms with van der Waals surface area (Å²) < 4.78 is 4.50. The van der Waals surface area contributed by atoms with E-state index in [4.69, 9.17) is 23.2 Å². The first kappa shape index (κ1) is 5.01. The van der Waals surface area contributed by atoms with Crippen LogP contribution in [0, 0.1) is 12.1 Å². The van der Waals surface area contributed by atoms with Crippen molar-refractivity contribution in [3.8, 4) is 0 Å². The third-order valence-corrected chi connectivity index (χ3v) is 0.782. The van der Waals surface area contributed by atoms with Gasteiger partial charge in [-0.15, -0.1) is 0 Å². The van der Waals surface area contributed by atoms with Crippen molar-refractivity contribution in [3.63, 3.8) is 0 Å². The lowest BCUT2D eigenvalue weighted by atomic mass is 10.7. The molecule has 1 nitrogen and oxygen atoms in total. The average molecular weight is 135 g/mol. The number of hydrogen-bond donors (Lipinski definition) is 0. The van der Waals surface area contributed by atoms with E-state index in [-0.39, 0.29) is 10.4 Å². The number of hydrogen-bond acceptors (Lipinski definition) is 1. The highest BCUT2D eigenvalue weighted by atomic mass is 35.5. The van der Waals surface area contributed by atoms with Crippen molar-refractivity contribution in [2.24, 2.45) is 0 Å². The molecular formula is C4Cl2O. The molecule has 0 spiro atoms. The zero-order chi connectivity index (χ0) is 5.28. The molecule has 0 aliphatic rings. The molecule has 2 radical (unpaired) electrons. The zero-order valence-electron chi connectivity index (χ0n) is 3.16. The van der Waals surface area contributed by atoms with Crippen LogP contribution in [-0.4, -0.2) is 0 Å². The van der Waals surface area contributed by atoms with Crippen molar-refractivity contribution in [2.45, 2.75) is 0 Å². The summed E-state index contributed by atoms with van der Waals surface area (Å²) in [5.41, 5.74) is 0. The maximum absolute atomic E-state index is 5.22. The Morgan fingerprint density at radius 2 is 1.57 bits per heavy atom. The summed E-state index contributed by atoms with van der Waals surface area (Å²) in [4.78, 5) is 0. The molecular weight excluding hydrogens is 135 g/mol. The SMILES string of the molecule is Clc1[c][c]c(Cl)o1. The van der Waals surface area contributed by atoms with Crippen LogP contribution in [0.5, 0.6) is 0 Å². The van der Waals surface area contributed by atoms with Crippen LogP contribution in [-0.2, 0) is 0 Å². The molecule has 0 aliphatic carbocycles. The second kappa shape index (κ2) is 1.76. The van der Waals surface area contributed by atoms with Gasteiger partial charge in [0.25, 0.3) is 0 Å². The number of halogens is 2. The summed E-state index contributed by atoms with van der Waals surface area (Å²) in [6.07, 6.45) is 0. The molecule has 0 amide bonds. The fourth-order valence-corrected chi connectivity index (χ4v) is 0.516. The van der Waals surface area contributed by atoms with Gasteiger partial charge in [0.05, 0.1) is 12.1 Å². The van der Waals surface area contributed by atoms with E-state index in [1.54, 1.807) is 0 Å². The van der Waals surface area contributed by atoms with Crippen molar-refractivity contribution in [1.82, 2.24) is 0 Å². The minimum absolute atomic E-state index is 0.144. The van der Waals surface area contributed by atoms with Crippen molar-refractivity contribution >= 4 is 23.2 Å². The van der Waals surface area contributed by atoms with E-state index in [0.717, 1.165) is 0 Å². The zero-order valence-corrected chi connectivity index (χ0v) is 4.68. The highest BCUT2D eigenvalue weighted by molar-refractivity contribution is 6.31. The van der Waals surface area contributed by atoms with E-state index in [0.29, 0.717) is 0 Å². The highest BCUT2D eigenvalue weighted by Crippen LogP contribution is 2.14. The molecule has 1 heterocycles. The van der Waals surface area contributed by atoms with E-state index in [1.807, 2.05) is 0 Å². The summed E-state index contributed by atoms with van der Waals surface area (Å²) in [6.45, 7) is 0. The van der Waals surface area contributed by atoms with Crippen molar-refractivity contribution in [3.05, 3.63) is 22.6 Å². The topological polar surface area (TPSA) is 13.1 Å². The van der Waals surface area contributed by atoms with Crippen LogP contribution >= 0.6 is 23.2 Å². The molecule has 0 aliphatic heterocycles. The molecule has 0 fully saturated rings. The maximum atomic E-state index is 5.22. The second-order valence-electron chi connectivity index (χ2n) is 0.899. The largest absolute Gasteiger partial charge is 0.432 e. The molecule has 0 saturated heterocycles. The van der Waals surface area contributed by atoms with Gasteiger partial charge in [-0.1, -0.05) is 0 Å². The molecule has 0 bridgehead atoms. The van der Waals surface area contributed by atoms with Crippen molar-refractivity contribution in [1.29, 1.82) is 0 Å². The Hall–Kier alpha value is -0.140. The number of furan rings is 1. The minimum Gasteiger partial charge on any atom is -0.432 e. The van der Waals surface area contributed by atoms with Crippen LogP contribution < -0.4 is 0 Å². The Bertz CT molecular complexity index is 142. The van der Waals surface area contributed by atoms with Crippen LogP contribution in [0.2, 0.25) is 10.4 Å². The van der Waals surface area contributed by atoms with Crippen LogP contribution in [0.3, 0.4) is 0 Å². The Kier molecular flexibility index (Phi) is 1.26. The molecule has 36 valence electrons. The Labute approximate surface area is 50.8 Å². The molecule has 1 aromatic heterocycles. The maximum Gasteiger partial charge on any atom is 0.204 e. The van der Waals surface area contributed by atoms with Crippen molar-refractivity contribution < 1.29 is 4.42 Å². The van der Waals surface area contributed by atoms with Gasteiger partial charge in [-0.3, -0.25) is 0 Å². The van der Waals surface area contributed by atoms with Gasteiger partial charge in [-0.25, -0.2) is 0 Å². The lowest BCUT2D eigenvalue weighted by Gasteiger charge is -1.70. The second-order valence-corrected chi connectivity index (χ2v) is 1.59. The van der Waals surface area contributed by atoms with Gasteiger partial charge in [0.2, 0.25) is 10.4 Å². The van der Waals surface area contributed by atoms with Crippen LogP contribution in [0.1, 0.15) is 0 Å². The van der Waals surface area contributed by atoms with Gasteiger partial charge in [-0.2, -0.15) is 0 Å². The van der Waals surface area contributed by atoms with Gasteiger partial charge in [-0.05, 0) is 23.2 Å².